The van der Waals surface area contributed by atoms with Gasteiger partial charge in [0.05, 0.1) is 22.2 Å². The summed E-state index contributed by atoms with van der Waals surface area (Å²) in [4.78, 5) is 15.4. The first-order chi connectivity index (χ1) is 10.4. The molecule has 0 aliphatic heterocycles. The summed E-state index contributed by atoms with van der Waals surface area (Å²) in [6.45, 7) is 1.09. The molecule has 1 aromatic carbocycles. The van der Waals surface area contributed by atoms with E-state index in [1.807, 2.05) is 13.8 Å². The fourth-order valence-corrected chi connectivity index (χ4v) is 2.72. The number of thiazole rings is 1. The minimum absolute atomic E-state index is 0.391. The number of nitrogens with one attached hydrogen (secondary N) is 1. The maximum Gasteiger partial charge on any atom is 0.387 e. The number of rotatable bonds is 6. The highest BCUT2D eigenvalue weighted by Gasteiger charge is 2.19. The van der Waals surface area contributed by atoms with Gasteiger partial charge in [-0.3, -0.25) is 10.1 Å². The highest BCUT2D eigenvalue weighted by molar-refractivity contribution is 7.11. The van der Waals surface area contributed by atoms with E-state index in [0.29, 0.717) is 12.2 Å². The van der Waals surface area contributed by atoms with Crippen LogP contribution >= 0.6 is 11.3 Å². The van der Waals surface area contributed by atoms with Gasteiger partial charge in [-0.1, -0.05) is 0 Å². The summed E-state index contributed by atoms with van der Waals surface area (Å²) in [7, 11) is 0. The van der Waals surface area contributed by atoms with Crippen LogP contribution in [0.1, 0.15) is 15.6 Å². The molecular formula is C13H13F2N3O3S. The van der Waals surface area contributed by atoms with E-state index in [1.54, 1.807) is 11.3 Å². The number of halogens is 2. The number of anilines is 1. The lowest BCUT2D eigenvalue weighted by Crippen LogP contribution is -2.06. The van der Waals surface area contributed by atoms with Crippen LogP contribution in [0.25, 0.3) is 0 Å². The number of hydrogen-bond donors (Lipinski definition) is 1. The van der Waals surface area contributed by atoms with E-state index in [-0.39, 0.29) is 0 Å². The second-order valence-electron chi connectivity index (χ2n) is 4.41. The second-order valence-corrected chi connectivity index (χ2v) is 5.81. The third-order valence-electron chi connectivity index (χ3n) is 2.83. The van der Waals surface area contributed by atoms with Gasteiger partial charge in [0, 0.05) is 22.7 Å². The summed E-state index contributed by atoms with van der Waals surface area (Å²) < 4.78 is 28.9. The van der Waals surface area contributed by atoms with Gasteiger partial charge in [0.15, 0.2) is 0 Å². The number of alkyl halides is 2. The van der Waals surface area contributed by atoms with Crippen molar-refractivity contribution in [2.75, 3.05) is 5.32 Å². The highest BCUT2D eigenvalue weighted by atomic mass is 32.1. The Kier molecular flexibility index (Phi) is 4.86. The number of aromatic nitrogens is 1. The molecular weight excluding hydrogens is 316 g/mol. The summed E-state index contributed by atoms with van der Waals surface area (Å²) in [5.74, 6) is -0.476. The first-order valence-electron chi connectivity index (χ1n) is 6.27. The molecule has 0 unspecified atom stereocenters. The summed E-state index contributed by atoms with van der Waals surface area (Å²) in [6, 6.07) is 3.74. The van der Waals surface area contributed by atoms with Gasteiger partial charge >= 0.3 is 12.3 Å². The average molecular weight is 329 g/mol. The Labute approximate surface area is 128 Å². The standard InChI is InChI=1S/C13H13F2N3O3S/c1-7-10(17-8(2)22-7)6-16-9-3-4-11(18(19)20)12(5-9)21-13(14)15/h3-5,13,16H,6H2,1-2H3. The van der Waals surface area contributed by atoms with Crippen LogP contribution in [0.4, 0.5) is 20.2 Å². The van der Waals surface area contributed by atoms with Gasteiger partial charge in [-0.05, 0) is 19.9 Å². The van der Waals surface area contributed by atoms with Crippen molar-refractivity contribution in [3.05, 3.63) is 43.9 Å². The zero-order chi connectivity index (χ0) is 16.3. The largest absolute Gasteiger partial charge is 0.427 e. The summed E-state index contributed by atoms with van der Waals surface area (Å²) in [5.41, 5.74) is 0.773. The number of hydrogen-bond acceptors (Lipinski definition) is 6. The van der Waals surface area contributed by atoms with E-state index in [4.69, 9.17) is 0 Å². The van der Waals surface area contributed by atoms with Gasteiger partial charge in [-0.2, -0.15) is 8.78 Å². The van der Waals surface area contributed by atoms with Crippen LogP contribution in [0, 0.1) is 24.0 Å². The maximum atomic E-state index is 12.3. The molecule has 0 amide bonds. The summed E-state index contributed by atoms with van der Waals surface area (Å²) in [6.07, 6.45) is 0. The van der Waals surface area contributed by atoms with Gasteiger partial charge < -0.3 is 10.1 Å². The predicted octanol–water partition coefficient (Wildman–Crippen LogP) is 3.88. The molecule has 0 aliphatic rings. The molecule has 9 heteroatoms. The van der Waals surface area contributed by atoms with Crippen molar-refractivity contribution in [2.45, 2.75) is 27.0 Å². The predicted molar refractivity (Wildman–Crippen MR) is 78.6 cm³/mol. The van der Waals surface area contributed by atoms with E-state index in [0.717, 1.165) is 21.6 Å². The van der Waals surface area contributed by atoms with Crippen molar-refractivity contribution in [1.29, 1.82) is 0 Å². The van der Waals surface area contributed by atoms with Crippen molar-refractivity contribution in [3.63, 3.8) is 0 Å². The number of ether oxygens (including phenoxy) is 1. The Morgan fingerprint density at radius 3 is 2.73 bits per heavy atom. The normalized spacial score (nSPS) is 10.8. The first-order valence-corrected chi connectivity index (χ1v) is 7.08. The summed E-state index contributed by atoms with van der Waals surface area (Å²) in [5, 5.41) is 14.7. The molecule has 22 heavy (non-hydrogen) atoms. The molecule has 6 nitrogen and oxygen atoms in total. The number of nitro benzene ring substituents is 1. The zero-order valence-corrected chi connectivity index (χ0v) is 12.6. The fourth-order valence-electron chi connectivity index (χ4n) is 1.89. The molecule has 1 aromatic heterocycles. The van der Waals surface area contributed by atoms with Crippen molar-refractivity contribution in [1.82, 2.24) is 4.98 Å². The van der Waals surface area contributed by atoms with E-state index in [1.165, 1.54) is 12.1 Å². The van der Waals surface area contributed by atoms with Gasteiger partial charge in [-0.15, -0.1) is 11.3 Å². The molecule has 0 spiro atoms. The Hall–Kier alpha value is -2.29. The Morgan fingerprint density at radius 2 is 2.18 bits per heavy atom. The van der Waals surface area contributed by atoms with Crippen LogP contribution in [-0.4, -0.2) is 16.5 Å². The molecule has 0 atom stereocenters. The Bertz CT molecular complexity index is 691. The number of nitrogens with zero attached hydrogens (tertiary/aromatic N) is 2. The molecule has 2 rings (SSSR count). The third kappa shape index (κ3) is 3.88. The molecule has 0 radical (unpaired) electrons. The lowest BCUT2D eigenvalue weighted by molar-refractivity contribution is -0.386. The van der Waals surface area contributed by atoms with Crippen LogP contribution in [0.2, 0.25) is 0 Å². The van der Waals surface area contributed by atoms with Gasteiger partial charge in [0.2, 0.25) is 5.75 Å². The summed E-state index contributed by atoms with van der Waals surface area (Å²) >= 11 is 1.56. The lowest BCUT2D eigenvalue weighted by atomic mass is 10.2. The zero-order valence-electron chi connectivity index (χ0n) is 11.8. The van der Waals surface area contributed by atoms with Crippen LogP contribution in [0.15, 0.2) is 18.2 Å². The molecule has 2 aromatic rings. The third-order valence-corrected chi connectivity index (χ3v) is 3.76. The van der Waals surface area contributed by atoms with Crippen LogP contribution < -0.4 is 10.1 Å². The van der Waals surface area contributed by atoms with Crippen molar-refractivity contribution >= 4 is 22.7 Å². The van der Waals surface area contributed by atoms with E-state index in [2.05, 4.69) is 15.0 Å². The lowest BCUT2D eigenvalue weighted by Gasteiger charge is -2.09. The topological polar surface area (TPSA) is 77.3 Å². The molecule has 0 aliphatic carbocycles. The molecule has 0 saturated heterocycles. The average Bonchev–Trinajstić information content (AvgIpc) is 2.73. The molecule has 0 bridgehead atoms. The smallest absolute Gasteiger partial charge is 0.387 e. The molecule has 1 N–H and O–H groups in total. The quantitative estimate of drug-likeness (QED) is 0.643. The monoisotopic (exact) mass is 329 g/mol. The SMILES string of the molecule is Cc1nc(CNc2ccc([N+](=O)[O-])c(OC(F)F)c2)c(C)s1. The number of nitro groups is 1. The van der Waals surface area contributed by atoms with Crippen molar-refractivity contribution in [2.24, 2.45) is 0 Å². The minimum Gasteiger partial charge on any atom is -0.427 e. The molecule has 0 fully saturated rings. The Balaban J connectivity index is 2.17. The maximum absolute atomic E-state index is 12.3. The van der Waals surface area contributed by atoms with Crippen LogP contribution in [-0.2, 0) is 6.54 Å². The molecule has 1 heterocycles. The second kappa shape index (κ2) is 6.65. The fraction of sp³-hybridized carbons (Fsp3) is 0.308. The van der Waals surface area contributed by atoms with Crippen molar-refractivity contribution < 1.29 is 18.4 Å². The van der Waals surface area contributed by atoms with E-state index in [9.17, 15) is 18.9 Å². The van der Waals surface area contributed by atoms with Gasteiger partial charge in [-0.25, -0.2) is 4.98 Å². The highest BCUT2D eigenvalue weighted by Crippen LogP contribution is 2.31. The van der Waals surface area contributed by atoms with Gasteiger partial charge in [0.25, 0.3) is 0 Å². The van der Waals surface area contributed by atoms with E-state index >= 15 is 0 Å². The molecule has 0 saturated carbocycles. The Morgan fingerprint density at radius 1 is 1.45 bits per heavy atom. The number of benzene rings is 1. The minimum atomic E-state index is -3.13. The van der Waals surface area contributed by atoms with Crippen molar-refractivity contribution in [3.8, 4) is 5.75 Å². The van der Waals surface area contributed by atoms with Crippen LogP contribution in [0.3, 0.4) is 0 Å². The first kappa shape index (κ1) is 16.1. The number of aryl methyl sites for hydroxylation is 2. The van der Waals surface area contributed by atoms with Gasteiger partial charge in [0.1, 0.15) is 0 Å². The van der Waals surface area contributed by atoms with E-state index < -0.39 is 23.0 Å². The van der Waals surface area contributed by atoms with Crippen LogP contribution in [0.5, 0.6) is 5.75 Å². The molecule has 118 valence electrons.